The highest BCUT2D eigenvalue weighted by molar-refractivity contribution is 5.65. The fourth-order valence-electron chi connectivity index (χ4n) is 0.303. The first-order valence-electron chi connectivity index (χ1n) is 2.56. The Morgan fingerprint density at radius 1 is 1.44 bits per heavy atom. The van der Waals surface area contributed by atoms with Crippen molar-refractivity contribution < 1.29 is 19.3 Å². The lowest BCUT2D eigenvalue weighted by Crippen LogP contribution is -2.06. The number of hydrogen-bond donors (Lipinski definition) is 0. The van der Waals surface area contributed by atoms with Gasteiger partial charge < -0.3 is 4.74 Å². The molecule has 0 unspecified atom stereocenters. The van der Waals surface area contributed by atoms with Crippen molar-refractivity contribution in [3.63, 3.8) is 0 Å². The zero-order valence-corrected chi connectivity index (χ0v) is 5.55. The molecule has 0 aliphatic heterocycles. The van der Waals surface area contributed by atoms with Crippen molar-refractivity contribution in [1.29, 1.82) is 0 Å². The van der Waals surface area contributed by atoms with Gasteiger partial charge in [-0.15, -0.1) is 0 Å². The van der Waals surface area contributed by atoms with E-state index < -0.39 is 0 Å². The van der Waals surface area contributed by atoms with Crippen LogP contribution in [0.1, 0.15) is 6.92 Å². The molecule has 0 fully saturated rings. The van der Waals surface area contributed by atoms with Gasteiger partial charge in [0.15, 0.2) is 0 Å². The van der Waals surface area contributed by atoms with Crippen LogP contribution >= 0.6 is 0 Å². The third-order valence-corrected chi connectivity index (χ3v) is 0.590. The van der Waals surface area contributed by atoms with Gasteiger partial charge in [0.05, 0.1) is 7.11 Å². The van der Waals surface area contributed by atoms with E-state index in [9.17, 15) is 4.79 Å². The predicted molar refractivity (Wildman–Crippen MR) is 29.6 cm³/mol. The van der Waals surface area contributed by atoms with Crippen LogP contribution in [0.5, 0.6) is 0 Å². The largest absolute Gasteiger partial charge is 0.463 e. The van der Waals surface area contributed by atoms with E-state index in [1.165, 1.54) is 14.0 Å². The maximum Gasteiger partial charge on any atom is 0.302 e. The highest BCUT2D eigenvalue weighted by atomic mass is 17.2. The summed E-state index contributed by atoms with van der Waals surface area (Å²) >= 11 is 0. The quantitative estimate of drug-likeness (QED) is 0.237. The lowest BCUT2D eigenvalue weighted by molar-refractivity contribution is -0.276. The van der Waals surface area contributed by atoms with Crippen LogP contribution < -0.4 is 0 Å². The molecule has 0 amide bonds. The summed E-state index contributed by atoms with van der Waals surface area (Å²) < 4.78 is 4.50. The van der Waals surface area contributed by atoms with Gasteiger partial charge in [-0.2, -0.15) is 0 Å². The van der Waals surface area contributed by atoms with E-state index in [4.69, 9.17) is 0 Å². The first-order valence-corrected chi connectivity index (χ1v) is 2.56. The topological polar surface area (TPSA) is 44.8 Å². The molecule has 0 atom stereocenters. The predicted octanol–water partition coefficient (Wildman–Crippen LogP) is 0.128. The van der Waals surface area contributed by atoms with E-state index in [0.717, 1.165) is 0 Å². The first kappa shape index (κ1) is 8.39. The minimum Gasteiger partial charge on any atom is -0.463 e. The van der Waals surface area contributed by atoms with Gasteiger partial charge in [-0.05, 0) is 0 Å². The highest BCUT2D eigenvalue weighted by Crippen LogP contribution is 1.77. The van der Waals surface area contributed by atoms with E-state index >= 15 is 0 Å². The van der Waals surface area contributed by atoms with E-state index in [1.807, 2.05) is 0 Å². The Hall–Kier alpha value is -0.610. The summed E-state index contributed by atoms with van der Waals surface area (Å²) in [6, 6.07) is 0. The van der Waals surface area contributed by atoms with Crippen LogP contribution in [0, 0.1) is 0 Å². The molecule has 4 nitrogen and oxygen atoms in total. The number of ether oxygens (including phenoxy) is 1. The number of carbonyl (C=O) groups is 1. The fourth-order valence-corrected chi connectivity index (χ4v) is 0.303. The maximum absolute atomic E-state index is 10.1. The van der Waals surface area contributed by atoms with Gasteiger partial charge in [-0.3, -0.25) is 4.79 Å². The Bertz CT molecular complexity index is 81.0. The van der Waals surface area contributed by atoms with Gasteiger partial charge in [0.25, 0.3) is 0 Å². The van der Waals surface area contributed by atoms with Crippen LogP contribution in [-0.4, -0.2) is 26.3 Å². The molecule has 4 heteroatoms. The molecule has 0 spiro atoms. The van der Waals surface area contributed by atoms with Crippen LogP contribution in [0.25, 0.3) is 0 Å². The molecule has 0 rings (SSSR count). The van der Waals surface area contributed by atoms with E-state index in [1.54, 1.807) is 0 Å². The third kappa shape index (κ3) is 7.39. The first-order chi connectivity index (χ1) is 4.27. The maximum atomic E-state index is 10.1. The minimum absolute atomic E-state index is 0.239. The molecule has 0 heterocycles. The summed E-state index contributed by atoms with van der Waals surface area (Å²) in [5, 5.41) is 0. The molecule has 0 saturated carbocycles. The number of rotatable bonds is 4. The number of esters is 1. The van der Waals surface area contributed by atoms with Gasteiger partial charge >= 0.3 is 5.97 Å². The second-order valence-corrected chi connectivity index (χ2v) is 1.33. The monoisotopic (exact) mass is 134 g/mol. The fraction of sp³-hybridized carbons (Fsp3) is 0.800. The second kappa shape index (κ2) is 5.53. The van der Waals surface area contributed by atoms with Crippen molar-refractivity contribution in [2.24, 2.45) is 0 Å². The summed E-state index contributed by atoms with van der Waals surface area (Å²) in [7, 11) is 1.40. The molecule has 0 bridgehead atoms. The molecule has 0 aromatic rings. The van der Waals surface area contributed by atoms with Crippen LogP contribution in [0.2, 0.25) is 0 Å². The van der Waals surface area contributed by atoms with Crippen molar-refractivity contribution in [1.82, 2.24) is 0 Å². The zero-order chi connectivity index (χ0) is 7.11. The van der Waals surface area contributed by atoms with Crippen LogP contribution in [0.3, 0.4) is 0 Å². The summed E-state index contributed by atoms with van der Waals surface area (Å²) in [5.41, 5.74) is 0. The SMILES string of the molecule is COOCCOC(C)=O. The van der Waals surface area contributed by atoms with E-state index in [0.29, 0.717) is 0 Å². The highest BCUT2D eigenvalue weighted by Gasteiger charge is 1.90. The van der Waals surface area contributed by atoms with Gasteiger partial charge in [0.2, 0.25) is 0 Å². The molecule has 0 aromatic heterocycles. The Balaban J connectivity index is 2.83. The van der Waals surface area contributed by atoms with Crippen molar-refractivity contribution in [3.05, 3.63) is 0 Å². The van der Waals surface area contributed by atoms with Crippen LogP contribution in [-0.2, 0) is 19.3 Å². The molecular formula is C5H10O4. The Labute approximate surface area is 53.6 Å². The lowest BCUT2D eigenvalue weighted by Gasteiger charge is -1.99. The average Bonchev–Trinajstić information content (AvgIpc) is 1.80. The van der Waals surface area contributed by atoms with Crippen LogP contribution in [0.4, 0.5) is 0 Å². The summed E-state index contributed by atoms with van der Waals surface area (Å²) in [6.07, 6.45) is 0. The Kier molecular flexibility index (Phi) is 5.15. The molecule has 0 aliphatic rings. The van der Waals surface area contributed by atoms with Crippen LogP contribution in [0.15, 0.2) is 0 Å². The van der Waals surface area contributed by atoms with E-state index in [-0.39, 0.29) is 19.2 Å². The van der Waals surface area contributed by atoms with E-state index in [2.05, 4.69) is 14.5 Å². The second-order valence-electron chi connectivity index (χ2n) is 1.33. The Morgan fingerprint density at radius 3 is 2.56 bits per heavy atom. The summed E-state index contributed by atoms with van der Waals surface area (Å²) in [4.78, 5) is 18.7. The van der Waals surface area contributed by atoms with Gasteiger partial charge in [-0.25, -0.2) is 9.78 Å². The number of hydrogen-bond acceptors (Lipinski definition) is 4. The summed E-state index contributed by atoms with van der Waals surface area (Å²) in [5.74, 6) is -0.310. The molecule has 0 aromatic carbocycles. The van der Waals surface area contributed by atoms with Gasteiger partial charge in [-0.1, -0.05) is 0 Å². The standard InChI is InChI=1S/C5H10O4/c1-5(6)8-3-4-9-7-2/h3-4H2,1-2H3. The van der Waals surface area contributed by atoms with Crippen molar-refractivity contribution in [2.45, 2.75) is 6.92 Å². The molecule has 9 heavy (non-hydrogen) atoms. The molecule has 0 aliphatic carbocycles. The Morgan fingerprint density at radius 2 is 2.11 bits per heavy atom. The number of carbonyl (C=O) groups excluding carboxylic acids is 1. The average molecular weight is 134 g/mol. The zero-order valence-electron chi connectivity index (χ0n) is 5.55. The molecule has 0 N–H and O–H groups in total. The molecule has 54 valence electrons. The van der Waals surface area contributed by atoms with Crippen molar-refractivity contribution >= 4 is 5.97 Å². The van der Waals surface area contributed by atoms with Gasteiger partial charge in [0.1, 0.15) is 13.2 Å². The van der Waals surface area contributed by atoms with Crippen molar-refractivity contribution in [3.8, 4) is 0 Å². The molecular weight excluding hydrogens is 124 g/mol. The summed E-state index contributed by atoms with van der Waals surface area (Å²) in [6.45, 7) is 1.85. The minimum atomic E-state index is -0.310. The smallest absolute Gasteiger partial charge is 0.302 e. The molecule has 0 radical (unpaired) electrons. The normalized spacial score (nSPS) is 9.11. The third-order valence-electron chi connectivity index (χ3n) is 0.590. The molecule has 0 saturated heterocycles. The lowest BCUT2D eigenvalue weighted by atomic mass is 10.7. The van der Waals surface area contributed by atoms with Crippen molar-refractivity contribution in [2.75, 3.05) is 20.3 Å². The van der Waals surface area contributed by atoms with Gasteiger partial charge in [0, 0.05) is 6.92 Å².